The molecule has 0 bridgehead atoms. The molecule has 0 unspecified atom stereocenters. The predicted octanol–water partition coefficient (Wildman–Crippen LogP) is 2.80. The molecular formula is C18H18N4O3. The number of methoxy groups -OCH3 is 1. The summed E-state index contributed by atoms with van der Waals surface area (Å²) in [5.41, 5.74) is 2.04. The molecule has 2 aromatic rings. The van der Waals surface area contributed by atoms with E-state index in [1.807, 2.05) is 35.2 Å². The molecule has 1 heterocycles. The first-order chi connectivity index (χ1) is 12.1. The molecule has 1 saturated heterocycles. The molecule has 128 valence electrons. The highest BCUT2D eigenvalue weighted by molar-refractivity contribution is 5.67. The average molecular weight is 338 g/mol. The third kappa shape index (κ3) is 3.48. The standard InChI is InChI=1S/C18H18N4O3/c1-25-16-4-2-3-15(12-16)20-7-9-21(10-8-20)18-11-14(13-19)5-6-17(18)22(23)24/h2-6,11-12H,7-10H2,1H3. The van der Waals surface area contributed by atoms with E-state index >= 15 is 0 Å². The fourth-order valence-corrected chi connectivity index (χ4v) is 3.01. The van der Waals surface area contributed by atoms with Gasteiger partial charge in [-0.3, -0.25) is 10.1 Å². The first-order valence-corrected chi connectivity index (χ1v) is 7.95. The predicted molar refractivity (Wildman–Crippen MR) is 95.2 cm³/mol. The van der Waals surface area contributed by atoms with Gasteiger partial charge < -0.3 is 14.5 Å². The minimum absolute atomic E-state index is 0.0360. The number of benzene rings is 2. The maximum Gasteiger partial charge on any atom is 0.292 e. The van der Waals surface area contributed by atoms with Crippen LogP contribution in [0, 0.1) is 21.4 Å². The third-order valence-electron chi connectivity index (χ3n) is 4.34. The Labute approximate surface area is 145 Å². The molecule has 0 radical (unpaired) electrons. The smallest absolute Gasteiger partial charge is 0.292 e. The Balaban J connectivity index is 1.78. The van der Waals surface area contributed by atoms with Crippen molar-refractivity contribution in [3.8, 4) is 11.8 Å². The molecule has 2 aromatic carbocycles. The molecule has 0 spiro atoms. The van der Waals surface area contributed by atoms with Crippen molar-refractivity contribution in [2.75, 3.05) is 43.1 Å². The summed E-state index contributed by atoms with van der Waals surface area (Å²) < 4.78 is 5.26. The van der Waals surface area contributed by atoms with E-state index in [0.29, 0.717) is 24.3 Å². The second kappa shape index (κ2) is 7.09. The summed E-state index contributed by atoms with van der Waals surface area (Å²) in [7, 11) is 1.64. The number of nitro groups is 1. The molecule has 0 atom stereocenters. The number of rotatable bonds is 4. The molecule has 25 heavy (non-hydrogen) atoms. The van der Waals surface area contributed by atoms with Crippen molar-refractivity contribution in [1.29, 1.82) is 5.26 Å². The van der Waals surface area contributed by atoms with E-state index in [1.54, 1.807) is 13.2 Å². The summed E-state index contributed by atoms with van der Waals surface area (Å²) in [5, 5.41) is 20.4. The number of anilines is 2. The fraction of sp³-hybridized carbons (Fsp3) is 0.278. The summed E-state index contributed by atoms with van der Waals surface area (Å²) in [6.07, 6.45) is 0. The van der Waals surface area contributed by atoms with Crippen LogP contribution in [0.5, 0.6) is 5.75 Å². The van der Waals surface area contributed by atoms with Crippen molar-refractivity contribution < 1.29 is 9.66 Å². The normalized spacial score (nSPS) is 14.1. The molecular weight excluding hydrogens is 320 g/mol. The van der Waals surface area contributed by atoms with Gasteiger partial charge in [-0.15, -0.1) is 0 Å². The van der Waals surface area contributed by atoms with Crippen LogP contribution in [0.15, 0.2) is 42.5 Å². The molecule has 7 heteroatoms. The first-order valence-electron chi connectivity index (χ1n) is 7.95. The lowest BCUT2D eigenvalue weighted by Crippen LogP contribution is -2.46. The maximum atomic E-state index is 11.3. The number of nitrogens with zero attached hydrogens (tertiary/aromatic N) is 4. The lowest BCUT2D eigenvalue weighted by Gasteiger charge is -2.37. The Morgan fingerprint density at radius 2 is 1.84 bits per heavy atom. The number of nitro benzene ring substituents is 1. The van der Waals surface area contributed by atoms with Gasteiger partial charge in [0.2, 0.25) is 0 Å². The highest BCUT2D eigenvalue weighted by Crippen LogP contribution is 2.31. The number of piperazine rings is 1. The number of hydrogen-bond acceptors (Lipinski definition) is 6. The number of hydrogen-bond donors (Lipinski definition) is 0. The topological polar surface area (TPSA) is 82.6 Å². The van der Waals surface area contributed by atoms with Crippen molar-refractivity contribution >= 4 is 17.1 Å². The minimum Gasteiger partial charge on any atom is -0.497 e. The molecule has 0 N–H and O–H groups in total. The van der Waals surface area contributed by atoms with E-state index < -0.39 is 4.92 Å². The molecule has 1 aliphatic rings. The average Bonchev–Trinajstić information content (AvgIpc) is 2.67. The van der Waals surface area contributed by atoms with Crippen LogP contribution in [-0.4, -0.2) is 38.2 Å². The zero-order valence-corrected chi connectivity index (χ0v) is 13.9. The van der Waals surface area contributed by atoms with Gasteiger partial charge in [-0.05, 0) is 24.3 Å². The van der Waals surface area contributed by atoms with Gasteiger partial charge in [-0.2, -0.15) is 5.26 Å². The van der Waals surface area contributed by atoms with E-state index in [1.165, 1.54) is 12.1 Å². The molecule has 0 amide bonds. The van der Waals surface area contributed by atoms with Gasteiger partial charge in [0.25, 0.3) is 5.69 Å². The van der Waals surface area contributed by atoms with E-state index in [4.69, 9.17) is 10.00 Å². The van der Waals surface area contributed by atoms with Crippen molar-refractivity contribution in [1.82, 2.24) is 0 Å². The van der Waals surface area contributed by atoms with Crippen LogP contribution in [-0.2, 0) is 0 Å². The molecule has 1 fully saturated rings. The summed E-state index contributed by atoms with van der Waals surface area (Å²) in [4.78, 5) is 15.1. The van der Waals surface area contributed by atoms with Crippen LogP contribution in [0.25, 0.3) is 0 Å². The highest BCUT2D eigenvalue weighted by atomic mass is 16.6. The summed E-state index contributed by atoms with van der Waals surface area (Å²) in [5.74, 6) is 0.803. The monoisotopic (exact) mass is 338 g/mol. The van der Waals surface area contributed by atoms with Crippen LogP contribution in [0.2, 0.25) is 0 Å². The number of nitriles is 1. The summed E-state index contributed by atoms with van der Waals surface area (Å²) in [6.45, 7) is 2.77. The Morgan fingerprint density at radius 3 is 2.48 bits per heavy atom. The van der Waals surface area contributed by atoms with E-state index in [9.17, 15) is 10.1 Å². The molecule has 0 aromatic heterocycles. The van der Waals surface area contributed by atoms with Gasteiger partial charge in [0.1, 0.15) is 11.4 Å². The van der Waals surface area contributed by atoms with Gasteiger partial charge >= 0.3 is 0 Å². The molecule has 3 rings (SSSR count). The zero-order chi connectivity index (χ0) is 17.8. The minimum atomic E-state index is -0.398. The van der Waals surface area contributed by atoms with Gasteiger partial charge in [-0.25, -0.2) is 0 Å². The van der Waals surface area contributed by atoms with Gasteiger partial charge in [0, 0.05) is 44.0 Å². The zero-order valence-electron chi connectivity index (χ0n) is 13.9. The lowest BCUT2D eigenvalue weighted by atomic mass is 10.1. The second-order valence-electron chi connectivity index (χ2n) is 5.75. The van der Waals surface area contributed by atoms with Crippen molar-refractivity contribution in [2.45, 2.75) is 0 Å². The third-order valence-corrected chi connectivity index (χ3v) is 4.34. The van der Waals surface area contributed by atoms with Crippen LogP contribution < -0.4 is 14.5 Å². The van der Waals surface area contributed by atoms with Gasteiger partial charge in [0.05, 0.1) is 23.7 Å². The Kier molecular flexibility index (Phi) is 4.70. The Morgan fingerprint density at radius 1 is 1.12 bits per heavy atom. The second-order valence-corrected chi connectivity index (χ2v) is 5.75. The van der Waals surface area contributed by atoms with E-state index in [0.717, 1.165) is 24.5 Å². The van der Waals surface area contributed by atoms with E-state index in [-0.39, 0.29) is 5.69 Å². The molecule has 0 saturated carbocycles. The Bertz CT molecular complexity index is 823. The van der Waals surface area contributed by atoms with Crippen molar-refractivity contribution in [3.63, 3.8) is 0 Å². The van der Waals surface area contributed by atoms with Crippen LogP contribution in [0.1, 0.15) is 5.56 Å². The number of ether oxygens (including phenoxy) is 1. The maximum absolute atomic E-state index is 11.3. The quantitative estimate of drug-likeness (QED) is 0.630. The molecule has 7 nitrogen and oxygen atoms in total. The van der Waals surface area contributed by atoms with E-state index in [2.05, 4.69) is 4.90 Å². The lowest BCUT2D eigenvalue weighted by molar-refractivity contribution is -0.384. The van der Waals surface area contributed by atoms with Crippen LogP contribution in [0.4, 0.5) is 17.1 Å². The first kappa shape index (κ1) is 16.6. The highest BCUT2D eigenvalue weighted by Gasteiger charge is 2.24. The van der Waals surface area contributed by atoms with Crippen LogP contribution in [0.3, 0.4) is 0 Å². The Hall–Kier alpha value is -3.27. The molecule has 0 aliphatic carbocycles. The summed E-state index contributed by atoms with van der Waals surface area (Å²) >= 11 is 0. The fourth-order valence-electron chi connectivity index (χ4n) is 3.01. The largest absolute Gasteiger partial charge is 0.497 e. The summed E-state index contributed by atoms with van der Waals surface area (Å²) in [6, 6.07) is 14.4. The van der Waals surface area contributed by atoms with Gasteiger partial charge in [-0.1, -0.05) is 6.07 Å². The molecule has 1 aliphatic heterocycles. The van der Waals surface area contributed by atoms with Crippen molar-refractivity contribution in [3.05, 3.63) is 58.1 Å². The van der Waals surface area contributed by atoms with Crippen LogP contribution >= 0.6 is 0 Å². The SMILES string of the molecule is COc1cccc(N2CCN(c3cc(C#N)ccc3[N+](=O)[O-])CC2)c1. The van der Waals surface area contributed by atoms with Gasteiger partial charge in [0.15, 0.2) is 0 Å². The van der Waals surface area contributed by atoms with Crippen molar-refractivity contribution in [2.24, 2.45) is 0 Å².